The number of nitrogens with zero attached hydrogens (tertiary/aromatic N) is 4. The SMILES string of the molecule is c1ccc(-c2nc(Cc3cccc4sc5ccc(-c6ccc7c(c6)c6ccccc6n7-c6ccccc6-c6cccc7c6oc6ccccc67)cc5c34)nc(-c3ccccc3)n2)cc1. The van der Waals surface area contributed by atoms with E-state index in [2.05, 4.69) is 162 Å². The summed E-state index contributed by atoms with van der Waals surface area (Å²) in [6.45, 7) is 0. The van der Waals surface area contributed by atoms with E-state index in [0.717, 1.165) is 66.7 Å². The van der Waals surface area contributed by atoms with Gasteiger partial charge in [-0.15, -0.1) is 11.3 Å². The number of fused-ring (bicyclic) bond motifs is 9. The zero-order chi connectivity index (χ0) is 42.1. The molecule has 0 atom stereocenters. The van der Waals surface area contributed by atoms with E-state index < -0.39 is 0 Å². The van der Waals surface area contributed by atoms with Crippen molar-refractivity contribution < 1.29 is 4.42 Å². The van der Waals surface area contributed by atoms with E-state index in [-0.39, 0.29) is 0 Å². The fraction of sp³-hybridized carbons (Fsp3) is 0.0172. The van der Waals surface area contributed by atoms with Gasteiger partial charge in [0, 0.05) is 70.4 Å². The molecule has 0 N–H and O–H groups in total. The highest BCUT2D eigenvalue weighted by atomic mass is 32.1. The standard InChI is InChI=1S/C58H36N4OS/c1-3-15-36(16-4-1)57-59-54(60-58(61-57)37-17-5-2-6-18-37)35-40-19-13-28-53-55(40)47-34-39(30-32-52(47)64-53)38-29-31-50-46(33-38)42-21-8-11-26-49(42)62(50)48-25-10-7-20-41(48)44-23-14-24-45-43-22-9-12-27-51(43)63-56(44)45/h1-34H,35H2. The van der Waals surface area contributed by atoms with Crippen LogP contribution in [0.5, 0.6) is 0 Å². The summed E-state index contributed by atoms with van der Waals surface area (Å²) in [4.78, 5) is 15.0. The summed E-state index contributed by atoms with van der Waals surface area (Å²) in [5, 5.41) is 7.16. The first-order chi connectivity index (χ1) is 31.7. The molecule has 13 rings (SSSR count). The van der Waals surface area contributed by atoms with E-state index >= 15 is 0 Å². The summed E-state index contributed by atoms with van der Waals surface area (Å²) in [6.07, 6.45) is 0.577. The monoisotopic (exact) mass is 836 g/mol. The van der Waals surface area contributed by atoms with Crippen molar-refractivity contribution in [2.24, 2.45) is 0 Å². The van der Waals surface area contributed by atoms with E-state index in [4.69, 9.17) is 19.4 Å². The van der Waals surface area contributed by atoms with Gasteiger partial charge < -0.3 is 8.98 Å². The minimum Gasteiger partial charge on any atom is -0.455 e. The van der Waals surface area contributed by atoms with Crippen LogP contribution in [0.1, 0.15) is 11.4 Å². The van der Waals surface area contributed by atoms with Gasteiger partial charge in [0.15, 0.2) is 11.6 Å². The third-order valence-electron chi connectivity index (χ3n) is 12.5. The average molecular weight is 837 g/mol. The van der Waals surface area contributed by atoms with Gasteiger partial charge in [0.25, 0.3) is 0 Å². The molecule has 9 aromatic carbocycles. The zero-order valence-corrected chi connectivity index (χ0v) is 35.3. The Morgan fingerprint density at radius 3 is 1.86 bits per heavy atom. The molecule has 0 aliphatic rings. The lowest BCUT2D eigenvalue weighted by Gasteiger charge is -2.14. The number of rotatable bonds is 7. The lowest BCUT2D eigenvalue weighted by molar-refractivity contribution is 0.670. The summed E-state index contributed by atoms with van der Waals surface area (Å²) in [5.41, 5.74) is 12.9. The van der Waals surface area contributed by atoms with Crippen LogP contribution in [-0.4, -0.2) is 19.5 Å². The molecular formula is C58H36N4OS. The van der Waals surface area contributed by atoms with Crippen LogP contribution in [0.25, 0.3) is 115 Å². The first kappa shape index (κ1) is 36.5. The predicted molar refractivity (Wildman–Crippen MR) is 265 cm³/mol. The zero-order valence-electron chi connectivity index (χ0n) is 34.4. The molecule has 6 heteroatoms. The third kappa shape index (κ3) is 5.95. The van der Waals surface area contributed by atoms with Crippen molar-refractivity contribution in [1.82, 2.24) is 19.5 Å². The molecule has 0 radical (unpaired) electrons. The van der Waals surface area contributed by atoms with Crippen LogP contribution in [0.3, 0.4) is 0 Å². The quantitative estimate of drug-likeness (QED) is 0.160. The molecule has 300 valence electrons. The second-order valence-corrected chi connectivity index (χ2v) is 17.4. The molecule has 5 nitrogen and oxygen atoms in total. The maximum Gasteiger partial charge on any atom is 0.163 e. The van der Waals surface area contributed by atoms with Crippen LogP contribution in [0, 0.1) is 0 Å². The largest absolute Gasteiger partial charge is 0.455 e. The normalized spacial score (nSPS) is 11.8. The highest BCUT2D eigenvalue weighted by Gasteiger charge is 2.20. The van der Waals surface area contributed by atoms with E-state index in [1.807, 2.05) is 59.9 Å². The molecule has 0 saturated heterocycles. The van der Waals surface area contributed by atoms with Gasteiger partial charge in [-0.25, -0.2) is 15.0 Å². The Hall–Kier alpha value is -8.19. The highest BCUT2D eigenvalue weighted by Crippen LogP contribution is 2.43. The smallest absolute Gasteiger partial charge is 0.163 e. The Balaban J connectivity index is 0.931. The summed E-state index contributed by atoms with van der Waals surface area (Å²) < 4.78 is 11.5. The van der Waals surface area contributed by atoms with Crippen LogP contribution in [0.15, 0.2) is 211 Å². The lowest BCUT2D eigenvalue weighted by atomic mass is 9.98. The van der Waals surface area contributed by atoms with E-state index in [1.54, 1.807) is 0 Å². The molecule has 0 bridgehead atoms. The van der Waals surface area contributed by atoms with Gasteiger partial charge in [-0.1, -0.05) is 158 Å². The Kier molecular flexibility index (Phi) is 8.39. The number of furan rings is 1. The average Bonchev–Trinajstić information content (AvgIpc) is 4.04. The number of aromatic nitrogens is 4. The van der Waals surface area contributed by atoms with E-state index in [9.17, 15) is 0 Å². The molecule has 0 fully saturated rings. The van der Waals surface area contributed by atoms with Gasteiger partial charge in [0.2, 0.25) is 0 Å². The van der Waals surface area contributed by atoms with Crippen LogP contribution in [0.2, 0.25) is 0 Å². The Labute approximate surface area is 372 Å². The summed E-state index contributed by atoms with van der Waals surface area (Å²) in [5.74, 6) is 2.10. The number of hydrogen-bond acceptors (Lipinski definition) is 5. The topological polar surface area (TPSA) is 56.7 Å². The minimum atomic E-state index is 0.577. The van der Waals surface area contributed by atoms with Crippen molar-refractivity contribution in [3.05, 3.63) is 218 Å². The van der Waals surface area contributed by atoms with Gasteiger partial charge in [-0.05, 0) is 65.2 Å². The van der Waals surface area contributed by atoms with Crippen molar-refractivity contribution >= 4 is 75.3 Å². The molecule has 0 amide bonds. The fourth-order valence-corrected chi connectivity index (χ4v) is 10.7. The number of benzene rings is 9. The van der Waals surface area contributed by atoms with Gasteiger partial charge in [-0.2, -0.15) is 0 Å². The second kappa shape index (κ2) is 14.7. The Bertz CT molecular complexity index is 3880. The van der Waals surface area contributed by atoms with Gasteiger partial charge in [0.1, 0.15) is 17.0 Å². The molecule has 4 heterocycles. The van der Waals surface area contributed by atoms with Crippen LogP contribution in [0.4, 0.5) is 0 Å². The molecule has 4 aromatic heterocycles. The first-order valence-corrected chi connectivity index (χ1v) is 22.4. The van der Waals surface area contributed by atoms with Gasteiger partial charge >= 0.3 is 0 Å². The van der Waals surface area contributed by atoms with Crippen molar-refractivity contribution in [3.8, 4) is 50.7 Å². The second-order valence-electron chi connectivity index (χ2n) is 16.3. The maximum absolute atomic E-state index is 6.56. The Morgan fingerprint density at radius 1 is 0.422 bits per heavy atom. The maximum atomic E-state index is 6.56. The highest BCUT2D eigenvalue weighted by molar-refractivity contribution is 7.25. The summed E-state index contributed by atoms with van der Waals surface area (Å²) in [6, 6.07) is 73.1. The molecule has 0 saturated carbocycles. The molecule has 13 aromatic rings. The summed E-state index contributed by atoms with van der Waals surface area (Å²) in [7, 11) is 0. The van der Waals surface area contributed by atoms with Crippen molar-refractivity contribution in [2.75, 3.05) is 0 Å². The van der Waals surface area contributed by atoms with Crippen LogP contribution < -0.4 is 0 Å². The van der Waals surface area contributed by atoms with Gasteiger partial charge in [0.05, 0.1) is 16.7 Å². The van der Waals surface area contributed by atoms with Crippen LogP contribution >= 0.6 is 11.3 Å². The lowest BCUT2D eigenvalue weighted by Crippen LogP contribution is -2.04. The van der Waals surface area contributed by atoms with Gasteiger partial charge in [-0.3, -0.25) is 0 Å². The van der Waals surface area contributed by atoms with Crippen molar-refractivity contribution in [2.45, 2.75) is 6.42 Å². The minimum absolute atomic E-state index is 0.577. The Morgan fingerprint density at radius 2 is 1.05 bits per heavy atom. The van der Waals surface area contributed by atoms with Crippen LogP contribution in [-0.2, 0) is 6.42 Å². The molecular weight excluding hydrogens is 801 g/mol. The number of thiophene rings is 1. The van der Waals surface area contributed by atoms with Crippen molar-refractivity contribution in [3.63, 3.8) is 0 Å². The molecule has 0 aliphatic heterocycles. The van der Waals surface area contributed by atoms with E-state index in [0.29, 0.717) is 18.1 Å². The molecule has 0 spiro atoms. The predicted octanol–water partition coefficient (Wildman–Crippen LogP) is 15.5. The fourth-order valence-electron chi connectivity index (χ4n) is 9.60. The molecule has 64 heavy (non-hydrogen) atoms. The van der Waals surface area contributed by atoms with E-state index in [1.165, 1.54) is 47.6 Å². The van der Waals surface area contributed by atoms with Crippen molar-refractivity contribution in [1.29, 1.82) is 0 Å². The molecule has 0 aliphatic carbocycles. The number of hydrogen-bond donors (Lipinski definition) is 0. The third-order valence-corrected chi connectivity index (χ3v) is 13.7. The molecule has 0 unspecified atom stereocenters. The summed E-state index contributed by atoms with van der Waals surface area (Å²) >= 11 is 1.83. The first-order valence-electron chi connectivity index (χ1n) is 21.6. The number of para-hydroxylation sites is 4.